The number of amides is 1. The maximum Gasteiger partial charge on any atom is 0.221 e. The summed E-state index contributed by atoms with van der Waals surface area (Å²) in [5, 5.41) is 8.44. The first-order valence-corrected chi connectivity index (χ1v) is 10.0. The van der Waals surface area contributed by atoms with Crippen LogP contribution in [-0.4, -0.2) is 15.5 Å². The molecule has 0 fully saturated rings. The van der Waals surface area contributed by atoms with Crippen LogP contribution < -0.4 is 10.7 Å². The summed E-state index contributed by atoms with van der Waals surface area (Å²) in [5.74, 6) is -0.0677. The standard InChI is InChI=1S/C22H22N4OS/c1-14-13-20(22-25-24-21(28-22)17-7-5-4-6-8-17)15(2)26(14)19-11-9-18(10-12-19)23-16(3)27/h4-13,22,25H,1-3H3,(H,23,27)/t22-/m1/s1. The van der Waals surface area contributed by atoms with Crippen LogP contribution in [-0.2, 0) is 4.79 Å². The summed E-state index contributed by atoms with van der Waals surface area (Å²) in [4.78, 5) is 11.2. The Bertz CT molecular complexity index is 1040. The zero-order valence-electron chi connectivity index (χ0n) is 16.1. The van der Waals surface area contributed by atoms with Crippen molar-refractivity contribution in [2.75, 3.05) is 5.32 Å². The van der Waals surface area contributed by atoms with Gasteiger partial charge in [-0.05, 0) is 44.2 Å². The van der Waals surface area contributed by atoms with Gasteiger partial charge in [0.25, 0.3) is 0 Å². The van der Waals surface area contributed by atoms with Gasteiger partial charge in [-0.25, -0.2) is 0 Å². The number of carbonyl (C=O) groups excluding carboxylic acids is 1. The Morgan fingerprint density at radius 3 is 2.50 bits per heavy atom. The van der Waals surface area contributed by atoms with E-state index >= 15 is 0 Å². The third-order valence-electron chi connectivity index (χ3n) is 4.73. The molecule has 0 bridgehead atoms. The molecule has 6 heteroatoms. The van der Waals surface area contributed by atoms with Crippen LogP contribution in [0.3, 0.4) is 0 Å². The quantitative estimate of drug-likeness (QED) is 0.676. The smallest absolute Gasteiger partial charge is 0.221 e. The van der Waals surface area contributed by atoms with Crippen molar-refractivity contribution in [3.8, 4) is 5.69 Å². The van der Waals surface area contributed by atoms with Crippen molar-refractivity contribution in [1.82, 2.24) is 9.99 Å². The molecule has 0 aliphatic carbocycles. The molecule has 1 atom stereocenters. The molecule has 0 saturated carbocycles. The summed E-state index contributed by atoms with van der Waals surface area (Å²) in [6.07, 6.45) is 0. The Hall–Kier alpha value is -2.99. The molecule has 1 aromatic heterocycles. The largest absolute Gasteiger partial charge is 0.326 e. The Kier molecular flexibility index (Phi) is 4.96. The molecular formula is C22H22N4OS. The fourth-order valence-electron chi connectivity index (χ4n) is 3.48. The highest BCUT2D eigenvalue weighted by atomic mass is 32.2. The lowest BCUT2D eigenvalue weighted by Crippen LogP contribution is -2.08. The van der Waals surface area contributed by atoms with Crippen LogP contribution in [0.5, 0.6) is 0 Å². The molecule has 0 radical (unpaired) electrons. The number of nitrogens with one attached hydrogen (secondary N) is 2. The second-order valence-corrected chi connectivity index (χ2v) is 7.89. The molecule has 1 aliphatic rings. The van der Waals surface area contributed by atoms with Crippen molar-refractivity contribution in [1.29, 1.82) is 0 Å². The highest BCUT2D eigenvalue weighted by molar-refractivity contribution is 8.14. The van der Waals surface area contributed by atoms with Gasteiger partial charge in [-0.2, -0.15) is 5.10 Å². The van der Waals surface area contributed by atoms with Crippen LogP contribution in [0, 0.1) is 13.8 Å². The molecule has 2 aromatic carbocycles. The van der Waals surface area contributed by atoms with Gasteiger partial charge in [-0.3, -0.25) is 10.2 Å². The van der Waals surface area contributed by atoms with Crippen molar-refractivity contribution in [2.45, 2.75) is 26.1 Å². The number of thioether (sulfide) groups is 1. The molecule has 0 saturated heterocycles. The van der Waals surface area contributed by atoms with Gasteiger partial charge in [0.1, 0.15) is 10.4 Å². The lowest BCUT2D eigenvalue weighted by Gasteiger charge is -2.13. The third kappa shape index (κ3) is 3.55. The molecule has 3 aromatic rings. The first kappa shape index (κ1) is 18.4. The molecule has 1 aliphatic heterocycles. The first-order chi connectivity index (χ1) is 13.5. The van der Waals surface area contributed by atoms with Gasteiger partial charge in [0.2, 0.25) is 5.91 Å². The second-order valence-electron chi connectivity index (χ2n) is 6.80. The molecular weight excluding hydrogens is 368 g/mol. The van der Waals surface area contributed by atoms with E-state index in [1.54, 1.807) is 11.8 Å². The van der Waals surface area contributed by atoms with E-state index in [0.29, 0.717) is 0 Å². The van der Waals surface area contributed by atoms with Gasteiger partial charge >= 0.3 is 0 Å². The van der Waals surface area contributed by atoms with Crippen molar-refractivity contribution in [3.05, 3.63) is 83.2 Å². The maximum atomic E-state index is 11.2. The van der Waals surface area contributed by atoms with E-state index in [0.717, 1.165) is 27.7 Å². The van der Waals surface area contributed by atoms with E-state index in [1.165, 1.54) is 18.2 Å². The van der Waals surface area contributed by atoms with Crippen molar-refractivity contribution in [3.63, 3.8) is 0 Å². The van der Waals surface area contributed by atoms with E-state index in [9.17, 15) is 4.79 Å². The minimum Gasteiger partial charge on any atom is -0.326 e. The topological polar surface area (TPSA) is 58.4 Å². The predicted octanol–water partition coefficient (Wildman–Crippen LogP) is 4.75. The summed E-state index contributed by atoms with van der Waals surface area (Å²) in [6, 6.07) is 20.3. The lowest BCUT2D eigenvalue weighted by molar-refractivity contribution is -0.114. The number of aromatic nitrogens is 1. The number of carbonyl (C=O) groups is 1. The second kappa shape index (κ2) is 7.56. The number of hydrazone groups is 1. The lowest BCUT2D eigenvalue weighted by atomic mass is 10.2. The normalized spacial score (nSPS) is 15.8. The van der Waals surface area contributed by atoms with Crippen LogP contribution in [0.15, 0.2) is 65.8 Å². The van der Waals surface area contributed by atoms with E-state index < -0.39 is 0 Å². The number of nitrogens with zero attached hydrogens (tertiary/aromatic N) is 2. The molecule has 0 unspecified atom stereocenters. The summed E-state index contributed by atoms with van der Waals surface area (Å²) in [7, 11) is 0. The molecule has 1 amide bonds. The van der Waals surface area contributed by atoms with Gasteiger partial charge in [0.15, 0.2) is 0 Å². The molecule has 28 heavy (non-hydrogen) atoms. The Balaban J connectivity index is 1.58. The molecule has 142 valence electrons. The monoisotopic (exact) mass is 390 g/mol. The molecule has 4 rings (SSSR count). The average Bonchev–Trinajstić information content (AvgIpc) is 3.28. The van der Waals surface area contributed by atoms with Crippen LogP contribution in [0.4, 0.5) is 5.69 Å². The van der Waals surface area contributed by atoms with E-state index in [1.807, 2.05) is 42.5 Å². The zero-order valence-corrected chi connectivity index (χ0v) is 16.9. The molecule has 0 spiro atoms. The van der Waals surface area contributed by atoms with Gasteiger partial charge in [0, 0.05) is 40.8 Å². The number of benzene rings is 2. The maximum absolute atomic E-state index is 11.2. The number of rotatable bonds is 4. The van der Waals surface area contributed by atoms with E-state index in [2.05, 4.69) is 52.5 Å². The zero-order chi connectivity index (χ0) is 19.7. The Labute approximate surface area is 168 Å². The Morgan fingerprint density at radius 1 is 1.11 bits per heavy atom. The van der Waals surface area contributed by atoms with Crippen LogP contribution in [0.1, 0.15) is 34.8 Å². The van der Waals surface area contributed by atoms with E-state index in [-0.39, 0.29) is 11.3 Å². The third-order valence-corrected chi connectivity index (χ3v) is 5.88. The van der Waals surface area contributed by atoms with E-state index in [4.69, 9.17) is 0 Å². The minimum atomic E-state index is -0.0677. The summed E-state index contributed by atoms with van der Waals surface area (Å²) in [6.45, 7) is 5.75. The van der Waals surface area contributed by atoms with Crippen molar-refractivity contribution < 1.29 is 4.79 Å². The van der Waals surface area contributed by atoms with Crippen molar-refractivity contribution in [2.24, 2.45) is 5.10 Å². The van der Waals surface area contributed by atoms with Gasteiger partial charge in [-0.15, -0.1) is 0 Å². The van der Waals surface area contributed by atoms with Crippen LogP contribution in [0.2, 0.25) is 0 Å². The number of hydrogen-bond acceptors (Lipinski definition) is 4. The number of hydrogen-bond donors (Lipinski definition) is 2. The number of anilines is 1. The highest BCUT2D eigenvalue weighted by Crippen LogP contribution is 2.37. The summed E-state index contributed by atoms with van der Waals surface area (Å²) < 4.78 is 2.23. The van der Waals surface area contributed by atoms with Gasteiger partial charge in [0.05, 0.1) is 0 Å². The fourth-order valence-corrected chi connectivity index (χ4v) is 4.55. The fraction of sp³-hybridized carbons (Fsp3) is 0.182. The molecule has 5 nitrogen and oxygen atoms in total. The summed E-state index contributed by atoms with van der Waals surface area (Å²) in [5.41, 5.74) is 9.84. The average molecular weight is 391 g/mol. The highest BCUT2D eigenvalue weighted by Gasteiger charge is 2.26. The van der Waals surface area contributed by atoms with Gasteiger partial charge < -0.3 is 9.88 Å². The minimum absolute atomic E-state index is 0.0677. The van der Waals surface area contributed by atoms with Gasteiger partial charge in [-0.1, -0.05) is 42.1 Å². The Morgan fingerprint density at radius 2 is 1.82 bits per heavy atom. The molecule has 2 N–H and O–H groups in total. The molecule has 2 heterocycles. The van der Waals surface area contributed by atoms with Crippen LogP contribution in [0.25, 0.3) is 5.69 Å². The SMILES string of the molecule is CC(=O)Nc1ccc(-n2c(C)cc([C@@H]3NN=C(c4ccccc4)S3)c2C)cc1. The number of aryl methyl sites for hydroxylation is 1. The first-order valence-electron chi connectivity index (χ1n) is 9.15. The van der Waals surface area contributed by atoms with Crippen molar-refractivity contribution >= 4 is 28.4 Å². The predicted molar refractivity (Wildman–Crippen MR) is 116 cm³/mol. The summed E-state index contributed by atoms with van der Waals surface area (Å²) >= 11 is 1.74. The van der Waals surface area contributed by atoms with Crippen LogP contribution >= 0.6 is 11.8 Å².